The first kappa shape index (κ1) is 27.5. The van der Waals surface area contributed by atoms with Crippen LogP contribution < -0.4 is 15.3 Å². The van der Waals surface area contributed by atoms with Crippen molar-refractivity contribution in [3.63, 3.8) is 0 Å². The molecular formula is C45H34N2Si. The van der Waals surface area contributed by atoms with Crippen LogP contribution >= 0.6 is 0 Å². The van der Waals surface area contributed by atoms with E-state index < -0.39 is 13.5 Å². The molecule has 2 aliphatic heterocycles. The summed E-state index contributed by atoms with van der Waals surface area (Å²) in [7, 11) is -2.11. The predicted molar refractivity (Wildman–Crippen MR) is 204 cm³/mol. The number of para-hydroxylation sites is 5. The summed E-state index contributed by atoms with van der Waals surface area (Å²) in [6.07, 6.45) is 0. The molecule has 0 saturated heterocycles. The molecule has 0 saturated carbocycles. The molecule has 48 heavy (non-hydrogen) atoms. The van der Waals surface area contributed by atoms with Gasteiger partial charge in [-0.2, -0.15) is 0 Å². The maximum atomic E-state index is 2.54. The van der Waals surface area contributed by atoms with Gasteiger partial charge in [0.1, 0.15) is 8.07 Å². The molecule has 0 N–H and O–H groups in total. The second-order valence-electron chi connectivity index (χ2n) is 13.7. The lowest BCUT2D eigenvalue weighted by Gasteiger charge is -2.50. The highest BCUT2D eigenvalue weighted by molar-refractivity contribution is 7.01. The topological polar surface area (TPSA) is 8.17 Å². The van der Waals surface area contributed by atoms with Crippen LogP contribution in [0.1, 0.15) is 22.3 Å². The third-order valence-corrected chi connectivity index (χ3v) is 14.6. The summed E-state index contributed by atoms with van der Waals surface area (Å²) < 4.78 is 2.53. The largest absolute Gasteiger partial charge is 0.310 e. The van der Waals surface area contributed by atoms with Gasteiger partial charge in [0.2, 0.25) is 0 Å². The summed E-state index contributed by atoms with van der Waals surface area (Å²) in [5, 5.41) is 5.63. The van der Waals surface area contributed by atoms with E-state index in [2.05, 4.69) is 192 Å². The number of anilines is 3. The van der Waals surface area contributed by atoms with Crippen LogP contribution in [0.15, 0.2) is 170 Å². The Labute approximate surface area is 282 Å². The van der Waals surface area contributed by atoms with Crippen LogP contribution in [-0.2, 0) is 5.41 Å². The molecule has 1 aromatic heterocycles. The summed E-state index contributed by atoms with van der Waals surface area (Å²) in [6, 6.07) is 63.4. The Balaban J connectivity index is 1.39. The number of rotatable bonds is 3. The van der Waals surface area contributed by atoms with Crippen molar-refractivity contribution in [3.8, 4) is 5.69 Å². The molecule has 0 bridgehead atoms. The van der Waals surface area contributed by atoms with Gasteiger partial charge in [-0.3, -0.25) is 0 Å². The van der Waals surface area contributed by atoms with Crippen LogP contribution in [0.25, 0.3) is 27.5 Å². The minimum absolute atomic E-state index is 0.496. The third-order valence-electron chi connectivity index (χ3n) is 11.0. The van der Waals surface area contributed by atoms with Crippen molar-refractivity contribution in [3.05, 3.63) is 192 Å². The molecule has 0 aliphatic carbocycles. The molecule has 0 radical (unpaired) electrons. The molecule has 1 spiro atoms. The van der Waals surface area contributed by atoms with E-state index in [0.717, 1.165) is 11.4 Å². The Bertz CT molecular complexity index is 2510. The Morgan fingerprint density at radius 3 is 1.81 bits per heavy atom. The molecule has 1 unspecified atom stereocenters. The van der Waals surface area contributed by atoms with Crippen molar-refractivity contribution in [1.29, 1.82) is 0 Å². The van der Waals surface area contributed by atoms with E-state index in [9.17, 15) is 0 Å². The molecule has 3 heterocycles. The summed E-state index contributed by atoms with van der Waals surface area (Å²) in [5.41, 5.74) is 12.3. The first-order valence-corrected chi connectivity index (χ1v) is 19.9. The quantitative estimate of drug-likeness (QED) is 0.176. The fraction of sp³-hybridized carbons (Fsp3) is 0.0667. The number of hydrogen-bond acceptors (Lipinski definition) is 1. The highest BCUT2D eigenvalue weighted by atomic mass is 28.3. The van der Waals surface area contributed by atoms with Gasteiger partial charge in [0, 0.05) is 27.8 Å². The van der Waals surface area contributed by atoms with Gasteiger partial charge in [0.25, 0.3) is 0 Å². The SMILES string of the molecule is C[Si]1(C)c2ccccc2C2(c3ccccc3-n3c4ccccc4c4cccc2c43)c2cc(N(c3ccccc3)c3ccccc3)ccc21. The van der Waals surface area contributed by atoms with Crippen LogP contribution in [0.4, 0.5) is 17.1 Å². The van der Waals surface area contributed by atoms with Crippen LogP contribution in [0.5, 0.6) is 0 Å². The van der Waals surface area contributed by atoms with Gasteiger partial charge in [-0.15, -0.1) is 0 Å². The van der Waals surface area contributed by atoms with Crippen LogP contribution in [-0.4, -0.2) is 12.6 Å². The molecule has 8 aromatic rings. The minimum Gasteiger partial charge on any atom is -0.310 e. The molecule has 2 nitrogen and oxygen atoms in total. The van der Waals surface area contributed by atoms with E-state index in [0.29, 0.717) is 0 Å². The van der Waals surface area contributed by atoms with Crippen molar-refractivity contribution in [2.45, 2.75) is 18.5 Å². The van der Waals surface area contributed by atoms with Crippen molar-refractivity contribution in [2.75, 3.05) is 4.90 Å². The summed E-state index contributed by atoms with van der Waals surface area (Å²) in [6.45, 7) is 5.07. The number of hydrogen-bond donors (Lipinski definition) is 0. The van der Waals surface area contributed by atoms with Crippen molar-refractivity contribution < 1.29 is 0 Å². The zero-order valence-electron chi connectivity index (χ0n) is 27.1. The molecule has 7 aromatic carbocycles. The number of benzene rings is 7. The number of fused-ring (bicyclic) bond motifs is 11. The summed E-state index contributed by atoms with van der Waals surface area (Å²) in [4.78, 5) is 2.41. The Kier molecular flexibility index (Phi) is 5.68. The van der Waals surface area contributed by atoms with Crippen LogP contribution in [0, 0.1) is 0 Å². The van der Waals surface area contributed by atoms with Gasteiger partial charge in [-0.05, 0) is 81.2 Å². The lowest BCUT2D eigenvalue weighted by Crippen LogP contribution is -2.63. The van der Waals surface area contributed by atoms with Gasteiger partial charge < -0.3 is 9.47 Å². The molecule has 228 valence electrons. The van der Waals surface area contributed by atoms with Gasteiger partial charge in [-0.25, -0.2) is 0 Å². The maximum absolute atomic E-state index is 2.54. The van der Waals surface area contributed by atoms with Gasteiger partial charge in [0.05, 0.1) is 22.1 Å². The summed E-state index contributed by atoms with van der Waals surface area (Å²) in [5.74, 6) is 0. The summed E-state index contributed by atoms with van der Waals surface area (Å²) >= 11 is 0. The van der Waals surface area contributed by atoms with Crippen LogP contribution in [0.2, 0.25) is 13.1 Å². The van der Waals surface area contributed by atoms with E-state index in [1.54, 1.807) is 0 Å². The standard InChI is InChI=1S/C45H34N2Si/c1-48(2)42-27-14-11-23-37(42)45(39-30-33(28-29-43(39)48)46(31-16-5-3-6-17-31)32-18-7-4-8-19-32)36-22-10-13-26-41(36)47-40-25-12-9-20-34(40)35-21-15-24-38(45)44(35)47/h3-30H,1-2H3. The molecule has 3 heteroatoms. The van der Waals surface area contributed by atoms with Crippen molar-refractivity contribution in [1.82, 2.24) is 4.57 Å². The van der Waals surface area contributed by atoms with Gasteiger partial charge in [0.15, 0.2) is 0 Å². The van der Waals surface area contributed by atoms with E-state index in [1.165, 1.54) is 65.8 Å². The normalized spacial score (nSPS) is 16.8. The molecule has 0 amide bonds. The predicted octanol–water partition coefficient (Wildman–Crippen LogP) is 10.1. The fourth-order valence-corrected chi connectivity index (χ4v) is 12.2. The van der Waals surface area contributed by atoms with Crippen molar-refractivity contribution in [2.24, 2.45) is 0 Å². The molecule has 1 atom stereocenters. The average Bonchev–Trinajstić information content (AvgIpc) is 3.48. The first-order valence-electron chi connectivity index (χ1n) is 16.9. The van der Waals surface area contributed by atoms with E-state index in [4.69, 9.17) is 0 Å². The van der Waals surface area contributed by atoms with E-state index >= 15 is 0 Å². The highest BCUT2D eigenvalue weighted by Gasteiger charge is 2.53. The highest BCUT2D eigenvalue weighted by Crippen LogP contribution is 2.55. The molecule has 2 aliphatic rings. The lowest BCUT2D eigenvalue weighted by molar-refractivity contribution is 0.732. The number of nitrogens with zero attached hydrogens (tertiary/aromatic N) is 2. The molecule has 0 fully saturated rings. The second kappa shape index (κ2) is 9.93. The van der Waals surface area contributed by atoms with Crippen LogP contribution in [0.3, 0.4) is 0 Å². The molecular weight excluding hydrogens is 597 g/mol. The van der Waals surface area contributed by atoms with E-state index in [1.807, 2.05) is 0 Å². The van der Waals surface area contributed by atoms with Gasteiger partial charge in [-0.1, -0.05) is 134 Å². The fourth-order valence-electron chi connectivity index (χ4n) is 9.06. The first-order chi connectivity index (χ1) is 23.6. The Hall–Kier alpha value is -5.64. The zero-order valence-corrected chi connectivity index (χ0v) is 28.1. The third kappa shape index (κ3) is 3.46. The smallest absolute Gasteiger partial charge is 0.113 e. The Morgan fingerprint density at radius 1 is 0.458 bits per heavy atom. The number of aromatic nitrogens is 1. The monoisotopic (exact) mass is 630 g/mol. The minimum atomic E-state index is -2.11. The van der Waals surface area contributed by atoms with Crippen molar-refractivity contribution >= 4 is 57.3 Å². The van der Waals surface area contributed by atoms with Gasteiger partial charge >= 0.3 is 0 Å². The zero-order chi connectivity index (χ0) is 32.0. The van der Waals surface area contributed by atoms with E-state index in [-0.39, 0.29) is 0 Å². The second-order valence-corrected chi connectivity index (χ2v) is 18.1. The average molecular weight is 631 g/mol. The maximum Gasteiger partial charge on any atom is 0.113 e. The molecule has 10 rings (SSSR count). The lowest BCUT2D eigenvalue weighted by atomic mass is 9.62. The Morgan fingerprint density at radius 2 is 1.04 bits per heavy atom.